The van der Waals surface area contributed by atoms with Gasteiger partial charge in [-0.2, -0.15) is 0 Å². The Morgan fingerprint density at radius 3 is 2.30 bits per heavy atom. The molecule has 2 aromatic carbocycles. The number of aromatic nitrogens is 1. The Morgan fingerprint density at radius 2 is 1.55 bits per heavy atom. The number of rotatable bonds is 2. The highest BCUT2D eigenvalue weighted by molar-refractivity contribution is 9.10. The molecule has 0 aliphatic rings. The largest absolute Gasteiger partial charge is 0.235 e. The molecule has 0 spiro atoms. The summed E-state index contributed by atoms with van der Waals surface area (Å²) >= 11 is 3.31. The second-order valence-corrected chi connectivity index (χ2v) is 7.00. The van der Waals surface area contributed by atoms with Crippen molar-refractivity contribution in [3.8, 4) is 0 Å². The predicted molar refractivity (Wildman–Crippen MR) is 81.3 cm³/mol. The second-order valence-electron chi connectivity index (χ2n) is 4.28. The van der Waals surface area contributed by atoms with Gasteiger partial charge < -0.3 is 0 Å². The Kier molecular flexibility index (Phi) is 3.31. The van der Waals surface area contributed by atoms with Crippen LogP contribution in [0.1, 0.15) is 0 Å². The van der Waals surface area contributed by atoms with E-state index in [4.69, 9.17) is 0 Å². The van der Waals surface area contributed by atoms with E-state index >= 15 is 0 Å². The summed E-state index contributed by atoms with van der Waals surface area (Å²) in [7, 11) is -3.62. The van der Waals surface area contributed by atoms with E-state index in [1.54, 1.807) is 42.5 Å². The molecule has 0 N–H and O–H groups in total. The first kappa shape index (κ1) is 13.3. The highest BCUT2D eigenvalue weighted by Crippen LogP contribution is 2.29. The molecule has 0 saturated carbocycles. The van der Waals surface area contributed by atoms with E-state index in [-0.39, 0.29) is 9.92 Å². The van der Waals surface area contributed by atoms with Gasteiger partial charge in [0.2, 0.25) is 9.84 Å². The highest BCUT2D eigenvalue weighted by atomic mass is 79.9. The minimum Gasteiger partial charge on any atom is -0.235 e. The Balaban J connectivity index is 2.27. The molecule has 3 aromatic rings. The summed E-state index contributed by atoms with van der Waals surface area (Å²) in [6.45, 7) is 0. The summed E-state index contributed by atoms with van der Waals surface area (Å²) in [6.07, 6.45) is 0. The standard InChI is InChI=1S/C15H10BrNO2S/c16-13-10-11-6-4-5-9-14(11)17-15(13)20(18,19)12-7-2-1-3-8-12/h1-10H. The van der Waals surface area contributed by atoms with Gasteiger partial charge in [-0.25, -0.2) is 13.4 Å². The number of benzene rings is 2. The van der Waals surface area contributed by atoms with E-state index in [9.17, 15) is 8.42 Å². The van der Waals surface area contributed by atoms with Crippen molar-refractivity contribution in [2.75, 3.05) is 0 Å². The lowest BCUT2D eigenvalue weighted by molar-refractivity contribution is 0.592. The monoisotopic (exact) mass is 347 g/mol. The number of para-hydroxylation sites is 1. The van der Waals surface area contributed by atoms with Crippen molar-refractivity contribution in [3.05, 3.63) is 65.1 Å². The number of pyridine rings is 1. The van der Waals surface area contributed by atoms with Crippen LogP contribution in [0.3, 0.4) is 0 Å². The molecule has 20 heavy (non-hydrogen) atoms. The SMILES string of the molecule is O=S(=O)(c1ccccc1)c1nc2ccccc2cc1Br. The van der Waals surface area contributed by atoms with E-state index < -0.39 is 9.84 Å². The van der Waals surface area contributed by atoms with Gasteiger partial charge in [-0.05, 0) is 40.2 Å². The summed E-state index contributed by atoms with van der Waals surface area (Å²) in [5.41, 5.74) is 0.658. The van der Waals surface area contributed by atoms with Crippen LogP contribution >= 0.6 is 15.9 Å². The molecule has 0 radical (unpaired) electrons. The van der Waals surface area contributed by atoms with Crippen molar-refractivity contribution in [2.45, 2.75) is 9.92 Å². The predicted octanol–water partition coefficient (Wildman–Crippen LogP) is 3.83. The molecule has 0 aliphatic carbocycles. The van der Waals surface area contributed by atoms with Crippen molar-refractivity contribution in [1.82, 2.24) is 4.98 Å². The number of sulfone groups is 1. The molecule has 3 rings (SSSR count). The molecule has 0 amide bonds. The zero-order valence-corrected chi connectivity index (χ0v) is 12.7. The van der Waals surface area contributed by atoms with Gasteiger partial charge in [0.15, 0.2) is 5.03 Å². The number of halogens is 1. The normalized spacial score (nSPS) is 11.7. The number of hydrogen-bond acceptors (Lipinski definition) is 3. The van der Waals surface area contributed by atoms with Crippen LogP contribution in [0.4, 0.5) is 0 Å². The topological polar surface area (TPSA) is 47.0 Å². The van der Waals surface area contributed by atoms with Crippen molar-refractivity contribution >= 4 is 36.7 Å². The summed E-state index contributed by atoms with van der Waals surface area (Å²) < 4.78 is 25.7. The molecule has 5 heteroatoms. The molecule has 1 aromatic heterocycles. The first-order valence-corrected chi connectivity index (χ1v) is 8.22. The zero-order valence-electron chi connectivity index (χ0n) is 10.3. The highest BCUT2D eigenvalue weighted by Gasteiger charge is 2.22. The molecule has 3 nitrogen and oxygen atoms in total. The Hall–Kier alpha value is -1.72. The van der Waals surface area contributed by atoms with Gasteiger partial charge in [0.05, 0.1) is 14.9 Å². The van der Waals surface area contributed by atoms with Crippen LogP contribution in [-0.2, 0) is 9.84 Å². The van der Waals surface area contributed by atoms with Crippen molar-refractivity contribution in [3.63, 3.8) is 0 Å². The molecule has 100 valence electrons. The van der Waals surface area contributed by atoms with Crippen LogP contribution in [0.25, 0.3) is 10.9 Å². The fraction of sp³-hybridized carbons (Fsp3) is 0. The Bertz CT molecular complexity index is 877. The molecular weight excluding hydrogens is 338 g/mol. The smallest absolute Gasteiger partial charge is 0.224 e. The first-order valence-electron chi connectivity index (χ1n) is 5.94. The van der Waals surface area contributed by atoms with Crippen molar-refractivity contribution in [2.24, 2.45) is 0 Å². The lowest BCUT2D eigenvalue weighted by Crippen LogP contribution is -2.05. The van der Waals surface area contributed by atoms with E-state index in [0.717, 1.165) is 5.39 Å². The summed E-state index contributed by atoms with van der Waals surface area (Å²) in [4.78, 5) is 4.53. The maximum Gasteiger partial charge on any atom is 0.224 e. The van der Waals surface area contributed by atoms with Crippen LogP contribution in [0.15, 0.2) is 75.1 Å². The minimum absolute atomic E-state index is 0.0439. The van der Waals surface area contributed by atoms with E-state index in [0.29, 0.717) is 9.99 Å². The third-order valence-corrected chi connectivity index (χ3v) is 5.53. The van der Waals surface area contributed by atoms with Crippen LogP contribution < -0.4 is 0 Å². The zero-order chi connectivity index (χ0) is 14.2. The van der Waals surface area contributed by atoms with E-state index in [1.165, 1.54) is 0 Å². The van der Waals surface area contributed by atoms with Crippen molar-refractivity contribution in [1.29, 1.82) is 0 Å². The van der Waals surface area contributed by atoms with E-state index in [2.05, 4.69) is 20.9 Å². The Morgan fingerprint density at radius 1 is 0.900 bits per heavy atom. The fourth-order valence-electron chi connectivity index (χ4n) is 1.97. The maximum atomic E-state index is 12.6. The summed E-state index contributed by atoms with van der Waals surface area (Å²) in [5, 5.41) is 0.939. The van der Waals surface area contributed by atoms with Gasteiger partial charge in [0, 0.05) is 5.39 Å². The van der Waals surface area contributed by atoms with Gasteiger partial charge in [-0.1, -0.05) is 36.4 Å². The molecule has 0 saturated heterocycles. The quantitative estimate of drug-likeness (QED) is 0.707. The Labute approximate surface area is 125 Å². The molecule has 0 bridgehead atoms. The average molecular weight is 348 g/mol. The molecule has 0 unspecified atom stereocenters. The lowest BCUT2D eigenvalue weighted by atomic mass is 10.2. The molecule has 1 heterocycles. The number of fused-ring (bicyclic) bond motifs is 1. The minimum atomic E-state index is -3.62. The van der Waals surface area contributed by atoms with Gasteiger partial charge in [0.25, 0.3) is 0 Å². The van der Waals surface area contributed by atoms with Crippen LogP contribution in [-0.4, -0.2) is 13.4 Å². The fourth-order valence-corrected chi connectivity index (χ4v) is 4.22. The average Bonchev–Trinajstić information content (AvgIpc) is 2.47. The number of hydrogen-bond donors (Lipinski definition) is 0. The molecular formula is C15H10BrNO2S. The molecule has 0 aliphatic heterocycles. The lowest BCUT2D eigenvalue weighted by Gasteiger charge is -2.07. The van der Waals surface area contributed by atoms with Gasteiger partial charge in [0.1, 0.15) is 0 Å². The van der Waals surface area contributed by atoms with Crippen LogP contribution in [0.2, 0.25) is 0 Å². The second kappa shape index (κ2) is 5.00. The van der Waals surface area contributed by atoms with Gasteiger partial charge in [-0.3, -0.25) is 0 Å². The van der Waals surface area contributed by atoms with Gasteiger partial charge in [-0.15, -0.1) is 0 Å². The third-order valence-electron chi connectivity index (χ3n) is 2.95. The maximum absolute atomic E-state index is 12.6. The summed E-state index contributed by atoms with van der Waals surface area (Å²) in [5.74, 6) is 0. The van der Waals surface area contributed by atoms with Crippen molar-refractivity contribution < 1.29 is 8.42 Å². The van der Waals surface area contributed by atoms with Gasteiger partial charge >= 0.3 is 0 Å². The molecule has 0 atom stereocenters. The number of nitrogens with zero attached hydrogens (tertiary/aromatic N) is 1. The van der Waals surface area contributed by atoms with Crippen LogP contribution in [0, 0.1) is 0 Å². The third kappa shape index (κ3) is 2.23. The summed E-state index contributed by atoms with van der Waals surface area (Å²) in [6, 6.07) is 17.5. The first-order chi connectivity index (χ1) is 9.59. The van der Waals surface area contributed by atoms with E-state index in [1.807, 2.05) is 18.2 Å². The van der Waals surface area contributed by atoms with Crippen LogP contribution in [0.5, 0.6) is 0 Å². The molecule has 0 fully saturated rings.